The molecule has 0 heterocycles. The van der Waals surface area contributed by atoms with Gasteiger partial charge in [-0.3, -0.25) is 0 Å². The number of carbonyl (C=O) groups is 1. The summed E-state index contributed by atoms with van der Waals surface area (Å²) in [6.07, 6.45) is -1.30. The van der Waals surface area contributed by atoms with Gasteiger partial charge < -0.3 is 14.6 Å². The molecule has 0 amide bonds. The average molecular weight is 351 g/mol. The molecule has 1 N–H and O–H groups in total. The van der Waals surface area contributed by atoms with Gasteiger partial charge in [0.1, 0.15) is 12.4 Å². The van der Waals surface area contributed by atoms with E-state index in [1.165, 1.54) is 7.11 Å². The van der Waals surface area contributed by atoms with Crippen LogP contribution in [0, 0.1) is 0 Å². The normalized spacial score (nSPS) is 11.8. The van der Waals surface area contributed by atoms with Crippen LogP contribution in [0.15, 0.2) is 53.0 Å². The molecule has 4 nitrogen and oxygen atoms in total. The third-order valence-corrected chi connectivity index (χ3v) is 3.55. The lowest BCUT2D eigenvalue weighted by molar-refractivity contribution is -0.150. The number of methoxy groups -OCH3 is 1. The molecule has 2 rings (SSSR count). The van der Waals surface area contributed by atoms with Gasteiger partial charge in [0.05, 0.1) is 11.6 Å². The van der Waals surface area contributed by atoms with Gasteiger partial charge in [0.15, 0.2) is 6.10 Å². The smallest absolute Gasteiger partial charge is 0.339 e. The van der Waals surface area contributed by atoms with E-state index in [0.29, 0.717) is 22.4 Å². The van der Waals surface area contributed by atoms with E-state index in [-0.39, 0.29) is 0 Å². The van der Waals surface area contributed by atoms with Crippen molar-refractivity contribution in [3.8, 4) is 5.75 Å². The Morgan fingerprint density at radius 1 is 1.24 bits per heavy atom. The van der Waals surface area contributed by atoms with Gasteiger partial charge >= 0.3 is 5.97 Å². The molecule has 0 fully saturated rings. The molecule has 0 radical (unpaired) electrons. The van der Waals surface area contributed by atoms with Gasteiger partial charge in [-0.2, -0.15) is 0 Å². The number of rotatable bonds is 5. The van der Waals surface area contributed by atoms with E-state index in [1.807, 2.05) is 30.3 Å². The monoisotopic (exact) mass is 350 g/mol. The second-order valence-corrected chi connectivity index (χ2v) is 5.24. The molecule has 0 aromatic heterocycles. The summed E-state index contributed by atoms with van der Waals surface area (Å²) in [5, 5.41) is 9.78. The lowest BCUT2D eigenvalue weighted by Crippen LogP contribution is -2.13. The second kappa shape index (κ2) is 7.24. The van der Waals surface area contributed by atoms with E-state index < -0.39 is 12.1 Å². The van der Waals surface area contributed by atoms with Crippen molar-refractivity contribution in [3.63, 3.8) is 0 Å². The fraction of sp³-hybridized carbons (Fsp3) is 0.188. The van der Waals surface area contributed by atoms with Crippen molar-refractivity contribution in [1.29, 1.82) is 0 Å². The Kier molecular flexibility index (Phi) is 5.36. The molecule has 0 aliphatic carbocycles. The third-order valence-electron chi connectivity index (χ3n) is 2.93. The Bertz CT molecular complexity index is 613. The Labute approximate surface area is 131 Å². The first-order chi connectivity index (χ1) is 10.1. The van der Waals surface area contributed by atoms with Gasteiger partial charge in [0.25, 0.3) is 0 Å². The first kappa shape index (κ1) is 15.5. The topological polar surface area (TPSA) is 55.8 Å². The standard InChI is InChI=1S/C16H15BrO4/c1-20-16(19)15(18)12-7-8-14(13(17)9-12)21-10-11-5-3-2-4-6-11/h2-9,15,18H,10H2,1H3. The fourth-order valence-electron chi connectivity index (χ4n) is 1.79. The summed E-state index contributed by atoms with van der Waals surface area (Å²) < 4.78 is 10.9. The van der Waals surface area contributed by atoms with Crippen LogP contribution < -0.4 is 4.74 Å². The number of benzene rings is 2. The molecule has 2 aromatic rings. The zero-order chi connectivity index (χ0) is 15.2. The summed E-state index contributed by atoms with van der Waals surface area (Å²) in [6.45, 7) is 0.443. The minimum atomic E-state index is -1.30. The van der Waals surface area contributed by atoms with Crippen molar-refractivity contribution in [2.24, 2.45) is 0 Å². The van der Waals surface area contributed by atoms with Crippen LogP contribution in [0.4, 0.5) is 0 Å². The molecule has 0 aliphatic rings. The number of aliphatic hydroxyl groups excluding tert-OH is 1. The molecule has 0 saturated carbocycles. The van der Waals surface area contributed by atoms with Gasteiger partial charge in [0.2, 0.25) is 0 Å². The zero-order valence-electron chi connectivity index (χ0n) is 11.5. The lowest BCUT2D eigenvalue weighted by Gasteiger charge is -2.12. The highest BCUT2D eigenvalue weighted by Gasteiger charge is 2.18. The van der Waals surface area contributed by atoms with Gasteiger partial charge in [0, 0.05) is 0 Å². The van der Waals surface area contributed by atoms with Crippen molar-refractivity contribution in [2.45, 2.75) is 12.7 Å². The number of aliphatic hydroxyl groups is 1. The SMILES string of the molecule is COC(=O)C(O)c1ccc(OCc2ccccc2)c(Br)c1. The molecule has 5 heteroatoms. The zero-order valence-corrected chi connectivity index (χ0v) is 13.0. The van der Waals surface area contributed by atoms with Gasteiger partial charge in [-0.1, -0.05) is 36.4 Å². The van der Waals surface area contributed by atoms with Gasteiger partial charge in [-0.25, -0.2) is 4.79 Å². The van der Waals surface area contributed by atoms with E-state index in [1.54, 1.807) is 18.2 Å². The predicted octanol–water partition coefficient (Wildman–Crippen LogP) is 3.23. The van der Waals surface area contributed by atoms with Crippen molar-refractivity contribution < 1.29 is 19.4 Å². The first-order valence-electron chi connectivity index (χ1n) is 6.34. The van der Waals surface area contributed by atoms with Crippen molar-refractivity contribution in [3.05, 3.63) is 64.1 Å². The molecule has 110 valence electrons. The summed E-state index contributed by atoms with van der Waals surface area (Å²) >= 11 is 3.37. The van der Waals surface area contributed by atoms with E-state index >= 15 is 0 Å². The predicted molar refractivity (Wildman–Crippen MR) is 81.9 cm³/mol. The van der Waals surface area contributed by atoms with Crippen LogP contribution in [0.3, 0.4) is 0 Å². The number of ether oxygens (including phenoxy) is 2. The van der Waals surface area contributed by atoms with Crippen molar-refractivity contribution >= 4 is 21.9 Å². The van der Waals surface area contributed by atoms with Crippen molar-refractivity contribution in [2.75, 3.05) is 7.11 Å². The highest BCUT2D eigenvalue weighted by Crippen LogP contribution is 2.29. The summed E-state index contributed by atoms with van der Waals surface area (Å²) in [5.74, 6) is -0.0560. The van der Waals surface area contributed by atoms with Crippen LogP contribution in [0.5, 0.6) is 5.75 Å². The molecule has 2 aromatic carbocycles. The maximum Gasteiger partial charge on any atom is 0.339 e. The van der Waals surface area contributed by atoms with E-state index in [2.05, 4.69) is 20.7 Å². The molecular weight excluding hydrogens is 336 g/mol. The minimum absolute atomic E-state index is 0.443. The van der Waals surface area contributed by atoms with Crippen LogP contribution >= 0.6 is 15.9 Å². The Morgan fingerprint density at radius 2 is 1.95 bits per heavy atom. The van der Waals surface area contributed by atoms with Gasteiger partial charge in [-0.05, 0) is 39.2 Å². The van der Waals surface area contributed by atoms with E-state index in [9.17, 15) is 9.90 Å². The number of esters is 1. The quantitative estimate of drug-likeness (QED) is 0.841. The Morgan fingerprint density at radius 3 is 2.57 bits per heavy atom. The number of hydrogen-bond donors (Lipinski definition) is 1. The number of carbonyl (C=O) groups excluding carboxylic acids is 1. The molecular formula is C16H15BrO4. The maximum atomic E-state index is 11.3. The molecule has 0 bridgehead atoms. The summed E-state index contributed by atoms with van der Waals surface area (Å²) in [4.78, 5) is 11.3. The molecule has 0 aliphatic heterocycles. The minimum Gasteiger partial charge on any atom is -0.488 e. The van der Waals surface area contributed by atoms with Crippen LogP contribution in [0.2, 0.25) is 0 Å². The second-order valence-electron chi connectivity index (χ2n) is 4.39. The fourth-order valence-corrected chi connectivity index (χ4v) is 2.30. The van der Waals surface area contributed by atoms with Crippen LogP contribution in [-0.2, 0) is 16.1 Å². The summed E-state index contributed by atoms with van der Waals surface area (Å²) in [5.41, 5.74) is 1.50. The summed E-state index contributed by atoms with van der Waals surface area (Å²) in [6, 6.07) is 14.8. The number of hydrogen-bond acceptors (Lipinski definition) is 4. The van der Waals surface area contributed by atoms with Crippen LogP contribution in [0.1, 0.15) is 17.2 Å². The average Bonchev–Trinajstić information content (AvgIpc) is 2.53. The van der Waals surface area contributed by atoms with Crippen molar-refractivity contribution in [1.82, 2.24) is 0 Å². The molecule has 0 spiro atoms. The molecule has 0 saturated heterocycles. The number of halogens is 1. The first-order valence-corrected chi connectivity index (χ1v) is 7.13. The van der Waals surface area contributed by atoms with Crippen LogP contribution in [-0.4, -0.2) is 18.2 Å². The third kappa shape index (κ3) is 4.06. The molecule has 1 unspecified atom stereocenters. The largest absolute Gasteiger partial charge is 0.488 e. The Hall–Kier alpha value is -1.85. The highest BCUT2D eigenvalue weighted by atomic mass is 79.9. The molecule has 21 heavy (non-hydrogen) atoms. The summed E-state index contributed by atoms with van der Waals surface area (Å²) in [7, 11) is 1.23. The Balaban J connectivity index is 2.07. The maximum absolute atomic E-state index is 11.3. The van der Waals surface area contributed by atoms with Crippen LogP contribution in [0.25, 0.3) is 0 Å². The lowest BCUT2D eigenvalue weighted by atomic mass is 10.1. The van der Waals surface area contributed by atoms with Gasteiger partial charge in [-0.15, -0.1) is 0 Å². The van der Waals surface area contributed by atoms with E-state index in [4.69, 9.17) is 4.74 Å². The highest BCUT2D eigenvalue weighted by molar-refractivity contribution is 9.10. The van der Waals surface area contributed by atoms with E-state index in [0.717, 1.165) is 5.56 Å². The molecule has 1 atom stereocenters.